The van der Waals surface area contributed by atoms with Crippen LogP contribution in [0.2, 0.25) is 0 Å². The quantitative estimate of drug-likeness (QED) is 0.642. The lowest BCUT2D eigenvalue weighted by atomic mass is 10.1. The molecule has 1 aromatic heterocycles. The number of aromatic nitrogens is 1. The number of benzene rings is 2. The summed E-state index contributed by atoms with van der Waals surface area (Å²) in [6.45, 7) is 5.72. The van der Waals surface area contributed by atoms with Gasteiger partial charge in [0.2, 0.25) is 0 Å². The van der Waals surface area contributed by atoms with Crippen molar-refractivity contribution in [3.63, 3.8) is 0 Å². The molecule has 2 N–H and O–H groups in total. The molecular weight excluding hydrogens is 389 g/mol. The second kappa shape index (κ2) is 8.53. The number of carbonyl (C=O) groups is 2. The van der Waals surface area contributed by atoms with Gasteiger partial charge in [-0.05, 0) is 62.7 Å². The minimum absolute atomic E-state index is 0.189. The van der Waals surface area contributed by atoms with E-state index in [-0.39, 0.29) is 23.2 Å². The molecule has 2 aromatic carbocycles. The number of thiazole rings is 1. The first kappa shape index (κ1) is 20.7. The molecule has 1 heterocycles. The molecule has 0 unspecified atom stereocenters. The van der Waals surface area contributed by atoms with Gasteiger partial charge in [0.05, 0.1) is 0 Å². The second-order valence-electron chi connectivity index (χ2n) is 7.67. The average Bonchev–Trinajstić information content (AvgIpc) is 3.07. The van der Waals surface area contributed by atoms with Gasteiger partial charge >= 0.3 is 0 Å². The van der Waals surface area contributed by atoms with E-state index in [1.807, 2.05) is 26.8 Å². The van der Waals surface area contributed by atoms with E-state index in [0.717, 1.165) is 10.4 Å². The Labute approximate surface area is 173 Å². The monoisotopic (exact) mass is 411 g/mol. The maximum absolute atomic E-state index is 13.3. The van der Waals surface area contributed by atoms with Crippen LogP contribution in [0.5, 0.6) is 0 Å². The number of nitrogens with one attached hydrogen (secondary N) is 2. The third kappa shape index (κ3) is 5.96. The predicted octanol–water partition coefficient (Wildman–Crippen LogP) is 4.65. The molecule has 0 fully saturated rings. The SMILES string of the molecule is CC(C)(C)NC(=O)c1ccc(C(=O)Nc2ncc(Cc3cccc(F)c3)s2)cc1. The molecule has 0 spiro atoms. The van der Waals surface area contributed by atoms with Crippen LogP contribution in [0.25, 0.3) is 0 Å². The molecule has 3 aromatic rings. The van der Waals surface area contributed by atoms with Gasteiger partial charge in [0, 0.05) is 34.2 Å². The average molecular weight is 412 g/mol. The van der Waals surface area contributed by atoms with Gasteiger partial charge < -0.3 is 5.32 Å². The van der Waals surface area contributed by atoms with Gasteiger partial charge in [-0.15, -0.1) is 11.3 Å². The maximum atomic E-state index is 13.3. The molecule has 0 radical (unpaired) electrons. The standard InChI is InChI=1S/C22H22FN3O2S/c1-22(2,3)26-20(28)16-9-7-15(8-10-16)19(27)25-21-24-13-18(29-21)12-14-5-4-6-17(23)11-14/h4-11,13H,12H2,1-3H3,(H,26,28)(H,24,25,27). The molecule has 0 aliphatic heterocycles. The minimum Gasteiger partial charge on any atom is -0.347 e. The Morgan fingerprint density at radius 1 is 1.03 bits per heavy atom. The van der Waals surface area contributed by atoms with Gasteiger partial charge in [-0.3, -0.25) is 14.9 Å². The molecule has 0 bridgehead atoms. The number of anilines is 1. The second-order valence-corrected chi connectivity index (χ2v) is 8.79. The summed E-state index contributed by atoms with van der Waals surface area (Å²) in [7, 11) is 0. The number of carbonyl (C=O) groups excluding carboxylic acids is 2. The summed E-state index contributed by atoms with van der Waals surface area (Å²) in [5, 5.41) is 6.10. The summed E-state index contributed by atoms with van der Waals surface area (Å²) >= 11 is 1.34. The van der Waals surface area contributed by atoms with Crippen molar-refractivity contribution in [2.45, 2.75) is 32.7 Å². The molecule has 0 saturated heterocycles. The van der Waals surface area contributed by atoms with E-state index < -0.39 is 0 Å². The first-order valence-corrected chi connectivity index (χ1v) is 9.94. The lowest BCUT2D eigenvalue weighted by Gasteiger charge is -2.20. The largest absolute Gasteiger partial charge is 0.347 e. The molecule has 0 aliphatic rings. The molecule has 150 valence electrons. The van der Waals surface area contributed by atoms with E-state index in [9.17, 15) is 14.0 Å². The van der Waals surface area contributed by atoms with Crippen molar-refractivity contribution in [2.75, 3.05) is 5.32 Å². The molecule has 29 heavy (non-hydrogen) atoms. The normalized spacial score (nSPS) is 11.2. The van der Waals surface area contributed by atoms with E-state index in [1.54, 1.807) is 36.5 Å². The Bertz CT molecular complexity index is 1020. The summed E-state index contributed by atoms with van der Waals surface area (Å²) in [6.07, 6.45) is 2.22. The predicted molar refractivity (Wildman–Crippen MR) is 113 cm³/mol. The van der Waals surface area contributed by atoms with Crippen molar-refractivity contribution in [1.82, 2.24) is 10.3 Å². The van der Waals surface area contributed by atoms with E-state index in [4.69, 9.17) is 0 Å². The summed E-state index contributed by atoms with van der Waals surface area (Å²) in [4.78, 5) is 29.7. The molecule has 2 amide bonds. The topological polar surface area (TPSA) is 71.1 Å². The summed E-state index contributed by atoms with van der Waals surface area (Å²) < 4.78 is 13.3. The Kier molecular flexibility index (Phi) is 6.08. The van der Waals surface area contributed by atoms with E-state index in [0.29, 0.717) is 22.7 Å². The van der Waals surface area contributed by atoms with E-state index in [1.165, 1.54) is 23.5 Å². The van der Waals surface area contributed by atoms with Crippen LogP contribution in [0.1, 0.15) is 51.9 Å². The first-order chi connectivity index (χ1) is 13.7. The minimum atomic E-state index is -0.332. The van der Waals surface area contributed by atoms with Crippen molar-refractivity contribution < 1.29 is 14.0 Å². The summed E-state index contributed by atoms with van der Waals surface area (Å²) in [5.41, 5.74) is 1.43. The van der Waals surface area contributed by atoms with Crippen LogP contribution in [0.4, 0.5) is 9.52 Å². The third-order valence-electron chi connectivity index (χ3n) is 3.94. The van der Waals surface area contributed by atoms with Gasteiger partial charge in [0.1, 0.15) is 5.82 Å². The van der Waals surface area contributed by atoms with E-state index >= 15 is 0 Å². The van der Waals surface area contributed by atoms with Crippen molar-refractivity contribution >= 4 is 28.3 Å². The van der Waals surface area contributed by atoms with Crippen LogP contribution in [-0.4, -0.2) is 22.3 Å². The summed E-state index contributed by atoms with van der Waals surface area (Å²) in [6, 6.07) is 12.8. The number of hydrogen-bond donors (Lipinski definition) is 2. The number of hydrogen-bond acceptors (Lipinski definition) is 4. The number of rotatable bonds is 5. The highest BCUT2D eigenvalue weighted by Gasteiger charge is 2.16. The zero-order valence-corrected chi connectivity index (χ0v) is 17.3. The molecular formula is C22H22FN3O2S. The highest BCUT2D eigenvalue weighted by molar-refractivity contribution is 7.15. The molecule has 0 saturated carbocycles. The van der Waals surface area contributed by atoms with Gasteiger partial charge in [0.25, 0.3) is 11.8 Å². The zero-order chi connectivity index (χ0) is 21.0. The van der Waals surface area contributed by atoms with Crippen LogP contribution in [0, 0.1) is 5.82 Å². The fourth-order valence-corrected chi connectivity index (χ4v) is 3.49. The smallest absolute Gasteiger partial charge is 0.257 e. The maximum Gasteiger partial charge on any atom is 0.257 e. The molecule has 0 atom stereocenters. The Morgan fingerprint density at radius 3 is 2.31 bits per heavy atom. The lowest BCUT2D eigenvalue weighted by Crippen LogP contribution is -2.40. The van der Waals surface area contributed by atoms with Crippen LogP contribution in [0.3, 0.4) is 0 Å². The number of halogens is 1. The van der Waals surface area contributed by atoms with Crippen LogP contribution in [-0.2, 0) is 6.42 Å². The zero-order valence-electron chi connectivity index (χ0n) is 16.5. The van der Waals surface area contributed by atoms with E-state index in [2.05, 4.69) is 15.6 Å². The van der Waals surface area contributed by atoms with Crippen molar-refractivity contribution in [3.05, 3.63) is 82.1 Å². The Hall–Kier alpha value is -3.06. The van der Waals surface area contributed by atoms with Gasteiger partial charge in [0.15, 0.2) is 5.13 Å². The van der Waals surface area contributed by atoms with Crippen molar-refractivity contribution in [2.24, 2.45) is 0 Å². The number of nitrogens with zero attached hydrogens (tertiary/aromatic N) is 1. The Balaban J connectivity index is 1.62. The molecule has 7 heteroatoms. The first-order valence-electron chi connectivity index (χ1n) is 9.13. The van der Waals surface area contributed by atoms with Crippen molar-refractivity contribution in [3.8, 4) is 0 Å². The van der Waals surface area contributed by atoms with Crippen LogP contribution < -0.4 is 10.6 Å². The van der Waals surface area contributed by atoms with Crippen LogP contribution >= 0.6 is 11.3 Å². The fraction of sp³-hybridized carbons (Fsp3) is 0.227. The highest BCUT2D eigenvalue weighted by Crippen LogP contribution is 2.22. The number of amides is 2. The molecule has 0 aliphatic carbocycles. The van der Waals surface area contributed by atoms with Gasteiger partial charge in [-0.25, -0.2) is 9.37 Å². The van der Waals surface area contributed by atoms with Gasteiger partial charge in [-0.2, -0.15) is 0 Å². The fourth-order valence-electron chi connectivity index (χ4n) is 2.65. The Morgan fingerprint density at radius 2 is 1.69 bits per heavy atom. The summed E-state index contributed by atoms with van der Waals surface area (Å²) in [5.74, 6) is -0.772. The van der Waals surface area contributed by atoms with Crippen LogP contribution in [0.15, 0.2) is 54.7 Å². The van der Waals surface area contributed by atoms with Crippen molar-refractivity contribution in [1.29, 1.82) is 0 Å². The third-order valence-corrected chi connectivity index (χ3v) is 4.85. The highest BCUT2D eigenvalue weighted by atomic mass is 32.1. The molecule has 5 nitrogen and oxygen atoms in total. The molecule has 3 rings (SSSR count). The lowest BCUT2D eigenvalue weighted by molar-refractivity contribution is 0.0918. The van der Waals surface area contributed by atoms with Gasteiger partial charge in [-0.1, -0.05) is 12.1 Å².